The Morgan fingerprint density at radius 1 is 1.29 bits per heavy atom. The molecule has 0 fully saturated rings. The Morgan fingerprint density at radius 2 is 1.82 bits per heavy atom. The average Bonchev–Trinajstić information content (AvgIpc) is 2.29. The standard InChI is InChI=1S/C11H14ClNO3S/c1-9(14)10-3-5-11(6-4-10)17(15,16)13(2)8-7-12/h3-6H,7-8H2,1-2H3. The molecular weight excluding hydrogens is 262 g/mol. The first-order valence-electron chi connectivity index (χ1n) is 5.03. The Balaban J connectivity index is 3.04. The van der Waals surface area contributed by atoms with Gasteiger partial charge in [0, 0.05) is 25.0 Å². The molecule has 0 heterocycles. The van der Waals surface area contributed by atoms with Gasteiger partial charge in [-0.3, -0.25) is 4.79 Å². The maximum atomic E-state index is 12.0. The molecule has 0 bridgehead atoms. The third-order valence-corrected chi connectivity index (χ3v) is 4.41. The van der Waals surface area contributed by atoms with Crippen molar-refractivity contribution in [3.8, 4) is 0 Å². The quantitative estimate of drug-likeness (QED) is 0.608. The van der Waals surface area contributed by atoms with Gasteiger partial charge < -0.3 is 0 Å². The minimum absolute atomic E-state index is 0.0944. The molecule has 1 rings (SSSR count). The van der Waals surface area contributed by atoms with Gasteiger partial charge in [0.05, 0.1) is 4.90 Å². The van der Waals surface area contributed by atoms with Gasteiger partial charge in [-0.15, -0.1) is 11.6 Å². The predicted octanol–water partition coefficient (Wildman–Crippen LogP) is 1.75. The van der Waals surface area contributed by atoms with Gasteiger partial charge in [0.25, 0.3) is 0 Å². The zero-order valence-corrected chi connectivity index (χ0v) is 11.3. The number of rotatable bonds is 5. The second-order valence-electron chi connectivity index (χ2n) is 3.60. The van der Waals surface area contributed by atoms with Gasteiger partial charge in [-0.05, 0) is 19.1 Å². The molecule has 0 spiro atoms. The van der Waals surface area contributed by atoms with Crippen LogP contribution < -0.4 is 0 Å². The van der Waals surface area contributed by atoms with E-state index in [9.17, 15) is 13.2 Å². The fraction of sp³-hybridized carbons (Fsp3) is 0.364. The van der Waals surface area contributed by atoms with Crippen molar-refractivity contribution in [2.75, 3.05) is 19.5 Å². The van der Waals surface area contributed by atoms with Crippen LogP contribution in [0.25, 0.3) is 0 Å². The van der Waals surface area contributed by atoms with E-state index in [-0.39, 0.29) is 23.1 Å². The van der Waals surface area contributed by atoms with Crippen LogP contribution in [0.1, 0.15) is 17.3 Å². The fourth-order valence-corrected chi connectivity index (χ4v) is 2.81. The molecule has 0 unspecified atom stereocenters. The van der Waals surface area contributed by atoms with Crippen molar-refractivity contribution in [1.82, 2.24) is 4.31 Å². The lowest BCUT2D eigenvalue weighted by Crippen LogP contribution is -2.28. The van der Waals surface area contributed by atoms with Crippen LogP contribution in [0.15, 0.2) is 29.2 Å². The van der Waals surface area contributed by atoms with Gasteiger partial charge in [0.2, 0.25) is 10.0 Å². The van der Waals surface area contributed by atoms with Crippen LogP contribution >= 0.6 is 11.6 Å². The van der Waals surface area contributed by atoms with Crippen LogP contribution in [-0.4, -0.2) is 38.0 Å². The average molecular weight is 276 g/mol. The highest BCUT2D eigenvalue weighted by Crippen LogP contribution is 2.15. The lowest BCUT2D eigenvalue weighted by molar-refractivity contribution is 0.101. The predicted molar refractivity (Wildman–Crippen MR) is 67.0 cm³/mol. The van der Waals surface area contributed by atoms with Crippen LogP contribution in [0.3, 0.4) is 0 Å². The van der Waals surface area contributed by atoms with Gasteiger partial charge in [0.15, 0.2) is 5.78 Å². The molecule has 0 aliphatic heterocycles. The van der Waals surface area contributed by atoms with E-state index in [4.69, 9.17) is 11.6 Å². The molecule has 0 saturated carbocycles. The van der Waals surface area contributed by atoms with E-state index in [2.05, 4.69) is 0 Å². The van der Waals surface area contributed by atoms with Gasteiger partial charge in [-0.2, -0.15) is 4.31 Å². The van der Waals surface area contributed by atoms with Gasteiger partial charge in [-0.25, -0.2) is 8.42 Å². The number of carbonyl (C=O) groups is 1. The second-order valence-corrected chi connectivity index (χ2v) is 6.02. The number of benzene rings is 1. The van der Waals surface area contributed by atoms with Crippen molar-refractivity contribution in [1.29, 1.82) is 0 Å². The summed E-state index contributed by atoms with van der Waals surface area (Å²) in [6.07, 6.45) is 0. The third kappa shape index (κ3) is 3.28. The maximum Gasteiger partial charge on any atom is 0.242 e. The molecule has 0 radical (unpaired) electrons. The van der Waals surface area contributed by atoms with Gasteiger partial charge in [-0.1, -0.05) is 12.1 Å². The highest BCUT2D eigenvalue weighted by molar-refractivity contribution is 7.89. The number of Topliss-reactive ketones (excluding diaryl/α,β-unsaturated/α-hetero) is 1. The van der Waals surface area contributed by atoms with Gasteiger partial charge in [0.1, 0.15) is 0 Å². The van der Waals surface area contributed by atoms with Crippen molar-refractivity contribution < 1.29 is 13.2 Å². The summed E-state index contributed by atoms with van der Waals surface area (Å²) in [5, 5.41) is 0. The van der Waals surface area contributed by atoms with Gasteiger partial charge >= 0.3 is 0 Å². The lowest BCUT2D eigenvalue weighted by Gasteiger charge is -2.15. The van der Waals surface area contributed by atoms with E-state index in [1.807, 2.05) is 0 Å². The molecule has 0 atom stereocenters. The molecule has 94 valence electrons. The highest BCUT2D eigenvalue weighted by atomic mass is 35.5. The first-order valence-corrected chi connectivity index (χ1v) is 7.00. The molecule has 0 aromatic heterocycles. The summed E-state index contributed by atoms with van der Waals surface area (Å²) >= 11 is 5.51. The number of nitrogens with zero attached hydrogens (tertiary/aromatic N) is 1. The molecule has 0 saturated heterocycles. The number of sulfonamides is 1. The molecule has 0 amide bonds. The Hall–Kier alpha value is -0.910. The zero-order chi connectivity index (χ0) is 13.1. The largest absolute Gasteiger partial charge is 0.295 e. The molecule has 0 N–H and O–H groups in total. The Bertz CT molecular complexity index is 496. The molecule has 1 aromatic rings. The van der Waals surface area contributed by atoms with E-state index in [0.29, 0.717) is 5.56 Å². The molecule has 0 aliphatic carbocycles. The van der Waals surface area contributed by atoms with Crippen molar-refractivity contribution in [3.63, 3.8) is 0 Å². The number of ketones is 1. The Labute approximate surface area is 106 Å². The first-order chi connectivity index (χ1) is 7.89. The minimum atomic E-state index is -3.51. The van der Waals surface area contributed by atoms with Crippen LogP contribution in [0.2, 0.25) is 0 Å². The first kappa shape index (κ1) is 14.2. The van der Waals surface area contributed by atoms with E-state index < -0.39 is 10.0 Å². The van der Waals surface area contributed by atoms with Crippen LogP contribution in [0.5, 0.6) is 0 Å². The fourth-order valence-electron chi connectivity index (χ4n) is 1.28. The normalized spacial score (nSPS) is 11.8. The monoisotopic (exact) mass is 275 g/mol. The van der Waals surface area contributed by atoms with Crippen molar-refractivity contribution in [3.05, 3.63) is 29.8 Å². The summed E-state index contributed by atoms with van der Waals surface area (Å²) in [6, 6.07) is 5.86. The number of hydrogen-bond donors (Lipinski definition) is 0. The second kappa shape index (κ2) is 5.62. The molecule has 17 heavy (non-hydrogen) atoms. The Kier molecular flexibility index (Phi) is 4.68. The number of halogens is 1. The third-order valence-electron chi connectivity index (χ3n) is 2.37. The summed E-state index contributed by atoms with van der Waals surface area (Å²) in [6.45, 7) is 1.68. The van der Waals surface area contributed by atoms with Crippen LogP contribution in [0.4, 0.5) is 0 Å². The van der Waals surface area contributed by atoms with Crippen molar-refractivity contribution in [2.24, 2.45) is 0 Å². The smallest absolute Gasteiger partial charge is 0.242 e. The molecule has 1 aromatic carbocycles. The van der Waals surface area contributed by atoms with Crippen molar-refractivity contribution >= 4 is 27.4 Å². The van der Waals surface area contributed by atoms with E-state index in [0.717, 1.165) is 0 Å². The van der Waals surface area contributed by atoms with E-state index in [1.54, 1.807) is 0 Å². The molecule has 6 heteroatoms. The lowest BCUT2D eigenvalue weighted by atomic mass is 10.2. The topological polar surface area (TPSA) is 54.5 Å². The molecule has 0 aliphatic rings. The van der Waals surface area contributed by atoms with E-state index >= 15 is 0 Å². The summed E-state index contributed by atoms with van der Waals surface area (Å²) in [5.41, 5.74) is 0.490. The van der Waals surface area contributed by atoms with Crippen molar-refractivity contribution in [2.45, 2.75) is 11.8 Å². The number of hydrogen-bond acceptors (Lipinski definition) is 3. The minimum Gasteiger partial charge on any atom is -0.295 e. The maximum absolute atomic E-state index is 12.0. The molecule has 4 nitrogen and oxygen atoms in total. The SMILES string of the molecule is CC(=O)c1ccc(S(=O)(=O)N(C)CCCl)cc1. The zero-order valence-electron chi connectivity index (χ0n) is 9.68. The van der Waals surface area contributed by atoms with E-state index in [1.165, 1.54) is 42.5 Å². The number of alkyl halides is 1. The summed E-state index contributed by atoms with van der Waals surface area (Å²) in [7, 11) is -2.04. The summed E-state index contributed by atoms with van der Waals surface area (Å²) in [4.78, 5) is 11.2. The Morgan fingerprint density at radius 3 is 2.24 bits per heavy atom. The summed E-state index contributed by atoms with van der Waals surface area (Å²) in [5.74, 6) is 0.143. The number of carbonyl (C=O) groups excluding carboxylic acids is 1. The van der Waals surface area contributed by atoms with Crippen LogP contribution in [0, 0.1) is 0 Å². The van der Waals surface area contributed by atoms with Crippen LogP contribution in [-0.2, 0) is 10.0 Å². The molecular formula is C11H14ClNO3S. The highest BCUT2D eigenvalue weighted by Gasteiger charge is 2.19. The summed E-state index contributed by atoms with van der Waals surface area (Å²) < 4.78 is 25.2.